The lowest BCUT2D eigenvalue weighted by atomic mass is 10.3. The quantitative estimate of drug-likeness (QED) is 0.705. The van der Waals surface area contributed by atoms with Crippen LogP contribution >= 0.6 is 38.5 Å². The van der Waals surface area contributed by atoms with E-state index in [0.29, 0.717) is 8.04 Å². The lowest BCUT2D eigenvalue weighted by molar-refractivity contribution is -0.153. The highest BCUT2D eigenvalue weighted by Crippen LogP contribution is 2.26. The zero-order valence-electron chi connectivity index (χ0n) is 6.74. The van der Waals surface area contributed by atoms with E-state index in [0.717, 1.165) is 0 Å². The summed E-state index contributed by atoms with van der Waals surface area (Å²) in [6, 6.07) is 4.92. The lowest BCUT2D eigenvalue weighted by Gasteiger charge is -2.10. The van der Waals surface area contributed by atoms with Crippen molar-refractivity contribution in [3.8, 4) is 5.75 Å². The fourth-order valence-corrected chi connectivity index (χ4v) is 1.58. The number of halogens is 5. The van der Waals surface area contributed by atoms with Crippen LogP contribution in [0.4, 0.5) is 13.2 Å². The van der Waals surface area contributed by atoms with Gasteiger partial charge in [-0.25, -0.2) is 0 Å². The summed E-state index contributed by atoms with van der Waals surface area (Å²) in [5.41, 5.74) is 0. The molecule has 0 atom stereocenters. The predicted molar refractivity (Wildman–Crippen MR) is 58.4 cm³/mol. The van der Waals surface area contributed by atoms with E-state index in [2.05, 4.69) is 20.7 Å². The van der Waals surface area contributed by atoms with Gasteiger partial charge in [-0.15, -0.1) is 0 Å². The SMILES string of the molecule is FC(F)(F)COc1cc(Br)ccc1I. The Hall–Kier alpha value is 0.0200. The first kappa shape index (κ1) is 12.1. The Morgan fingerprint density at radius 2 is 2.00 bits per heavy atom. The Morgan fingerprint density at radius 1 is 1.36 bits per heavy atom. The number of benzene rings is 1. The van der Waals surface area contributed by atoms with Crippen LogP contribution in [-0.2, 0) is 0 Å². The van der Waals surface area contributed by atoms with E-state index >= 15 is 0 Å². The van der Waals surface area contributed by atoms with Gasteiger partial charge in [0.15, 0.2) is 6.61 Å². The Balaban J connectivity index is 2.72. The van der Waals surface area contributed by atoms with Crippen LogP contribution in [0.5, 0.6) is 5.75 Å². The van der Waals surface area contributed by atoms with Gasteiger partial charge in [0.1, 0.15) is 5.75 Å². The molecule has 0 amide bonds. The molecule has 1 nitrogen and oxygen atoms in total. The lowest BCUT2D eigenvalue weighted by Crippen LogP contribution is -2.19. The summed E-state index contributed by atoms with van der Waals surface area (Å²) in [6.45, 7) is -1.26. The minimum atomic E-state index is -4.30. The van der Waals surface area contributed by atoms with Crippen molar-refractivity contribution >= 4 is 38.5 Å². The van der Waals surface area contributed by atoms with Crippen molar-refractivity contribution in [1.82, 2.24) is 0 Å². The van der Waals surface area contributed by atoms with Gasteiger partial charge >= 0.3 is 6.18 Å². The second-order valence-corrected chi connectivity index (χ2v) is 4.56. The highest BCUT2D eigenvalue weighted by atomic mass is 127. The zero-order valence-corrected chi connectivity index (χ0v) is 10.5. The number of hydrogen-bond donors (Lipinski definition) is 0. The van der Waals surface area contributed by atoms with Gasteiger partial charge in [-0.05, 0) is 40.8 Å². The molecule has 0 saturated heterocycles. The molecule has 0 spiro atoms. The second kappa shape index (κ2) is 4.69. The number of ether oxygens (including phenoxy) is 1. The molecule has 0 aliphatic carbocycles. The van der Waals surface area contributed by atoms with E-state index in [9.17, 15) is 13.2 Å². The normalized spacial score (nSPS) is 11.5. The van der Waals surface area contributed by atoms with Crippen molar-refractivity contribution in [2.75, 3.05) is 6.61 Å². The van der Waals surface area contributed by atoms with Crippen LogP contribution in [0.2, 0.25) is 0 Å². The first-order chi connectivity index (χ1) is 6.38. The molecule has 0 aromatic heterocycles. The number of hydrogen-bond acceptors (Lipinski definition) is 1. The summed E-state index contributed by atoms with van der Waals surface area (Å²) < 4.78 is 41.5. The molecule has 0 aliphatic rings. The molecule has 0 heterocycles. The van der Waals surface area contributed by atoms with Gasteiger partial charge < -0.3 is 4.74 Å². The van der Waals surface area contributed by atoms with Gasteiger partial charge in [-0.1, -0.05) is 15.9 Å². The molecule has 1 rings (SSSR count). The first-order valence-corrected chi connectivity index (χ1v) is 5.40. The van der Waals surface area contributed by atoms with Crippen LogP contribution in [0.3, 0.4) is 0 Å². The molecule has 78 valence electrons. The summed E-state index contributed by atoms with van der Waals surface area (Å²) in [5.74, 6) is 0.234. The van der Waals surface area contributed by atoms with Crippen LogP contribution < -0.4 is 4.74 Å². The Kier molecular flexibility index (Phi) is 4.05. The van der Waals surface area contributed by atoms with Crippen molar-refractivity contribution in [2.45, 2.75) is 6.18 Å². The average Bonchev–Trinajstić information content (AvgIpc) is 2.05. The predicted octanol–water partition coefficient (Wildman–Crippen LogP) is 3.99. The van der Waals surface area contributed by atoms with Crippen LogP contribution in [0, 0.1) is 3.57 Å². The third kappa shape index (κ3) is 4.04. The molecule has 0 aliphatic heterocycles. The topological polar surface area (TPSA) is 9.23 Å². The maximum Gasteiger partial charge on any atom is 0.422 e. The molecule has 0 N–H and O–H groups in total. The average molecular weight is 381 g/mol. The summed E-state index contributed by atoms with van der Waals surface area (Å²) in [5, 5.41) is 0. The van der Waals surface area contributed by atoms with Crippen molar-refractivity contribution in [1.29, 1.82) is 0 Å². The smallest absolute Gasteiger partial charge is 0.422 e. The van der Waals surface area contributed by atoms with E-state index in [1.807, 2.05) is 22.6 Å². The van der Waals surface area contributed by atoms with E-state index in [-0.39, 0.29) is 5.75 Å². The minimum Gasteiger partial charge on any atom is -0.483 e. The molecule has 0 unspecified atom stereocenters. The van der Waals surface area contributed by atoms with Crippen LogP contribution in [-0.4, -0.2) is 12.8 Å². The maximum atomic E-state index is 11.8. The molecular formula is C8H5BrF3IO. The summed E-state index contributed by atoms with van der Waals surface area (Å²) in [6.07, 6.45) is -4.30. The fourth-order valence-electron chi connectivity index (χ4n) is 0.747. The second-order valence-electron chi connectivity index (χ2n) is 2.48. The zero-order chi connectivity index (χ0) is 10.8. The number of rotatable bonds is 2. The molecule has 0 saturated carbocycles. The first-order valence-electron chi connectivity index (χ1n) is 3.53. The van der Waals surface area contributed by atoms with Crippen molar-refractivity contribution in [3.05, 3.63) is 26.2 Å². The van der Waals surface area contributed by atoms with Gasteiger partial charge in [0.2, 0.25) is 0 Å². The van der Waals surface area contributed by atoms with Crippen LogP contribution in [0.1, 0.15) is 0 Å². The van der Waals surface area contributed by atoms with E-state index in [4.69, 9.17) is 0 Å². The molecular weight excluding hydrogens is 376 g/mol. The van der Waals surface area contributed by atoms with E-state index < -0.39 is 12.8 Å². The minimum absolute atomic E-state index is 0.234. The largest absolute Gasteiger partial charge is 0.483 e. The van der Waals surface area contributed by atoms with Crippen molar-refractivity contribution in [2.24, 2.45) is 0 Å². The van der Waals surface area contributed by atoms with Gasteiger partial charge in [-0.3, -0.25) is 0 Å². The van der Waals surface area contributed by atoms with Gasteiger partial charge in [0, 0.05) is 4.47 Å². The molecule has 6 heteroatoms. The van der Waals surface area contributed by atoms with Crippen LogP contribution in [0.15, 0.2) is 22.7 Å². The standard InChI is InChI=1S/C8H5BrF3IO/c9-5-1-2-6(13)7(3-5)14-4-8(10,11)12/h1-3H,4H2. The molecule has 0 fully saturated rings. The molecule has 1 aromatic carbocycles. The Bertz CT molecular complexity index is 327. The van der Waals surface area contributed by atoms with Gasteiger partial charge in [0.25, 0.3) is 0 Å². The summed E-state index contributed by atoms with van der Waals surface area (Å²) >= 11 is 5.07. The van der Waals surface area contributed by atoms with E-state index in [1.54, 1.807) is 12.1 Å². The summed E-state index contributed by atoms with van der Waals surface area (Å²) in [7, 11) is 0. The Morgan fingerprint density at radius 3 is 2.57 bits per heavy atom. The van der Waals surface area contributed by atoms with Gasteiger partial charge in [-0.2, -0.15) is 13.2 Å². The Labute approximate surface area is 101 Å². The molecule has 0 radical (unpaired) electrons. The number of alkyl halides is 3. The third-order valence-electron chi connectivity index (χ3n) is 1.28. The molecule has 1 aromatic rings. The maximum absolute atomic E-state index is 11.8. The van der Waals surface area contributed by atoms with Crippen molar-refractivity contribution < 1.29 is 17.9 Å². The monoisotopic (exact) mass is 380 g/mol. The van der Waals surface area contributed by atoms with Crippen LogP contribution in [0.25, 0.3) is 0 Å². The highest BCUT2D eigenvalue weighted by molar-refractivity contribution is 14.1. The molecule has 14 heavy (non-hydrogen) atoms. The molecule has 0 bridgehead atoms. The van der Waals surface area contributed by atoms with E-state index in [1.165, 1.54) is 6.07 Å². The fraction of sp³-hybridized carbons (Fsp3) is 0.250. The summed E-state index contributed by atoms with van der Waals surface area (Å²) in [4.78, 5) is 0. The van der Waals surface area contributed by atoms with Crippen molar-refractivity contribution in [3.63, 3.8) is 0 Å². The highest BCUT2D eigenvalue weighted by Gasteiger charge is 2.28. The third-order valence-corrected chi connectivity index (χ3v) is 2.67. The van der Waals surface area contributed by atoms with Gasteiger partial charge in [0.05, 0.1) is 3.57 Å².